The Labute approximate surface area is 145 Å². The number of ether oxygens (including phenoxy) is 1. The van der Waals surface area contributed by atoms with Gasteiger partial charge in [-0.2, -0.15) is 4.31 Å². The van der Waals surface area contributed by atoms with Crippen LogP contribution >= 0.6 is 11.6 Å². The number of carboxylic acids is 1. The minimum atomic E-state index is -4.18. The number of carbonyl (C=O) groups excluding carboxylic acids is 1. The lowest BCUT2D eigenvalue weighted by Crippen LogP contribution is -2.40. The summed E-state index contributed by atoms with van der Waals surface area (Å²) in [6.07, 6.45) is 0. The van der Waals surface area contributed by atoms with Gasteiger partial charge in [-0.1, -0.05) is 11.6 Å². The summed E-state index contributed by atoms with van der Waals surface area (Å²) in [5.74, 6) is -1.73. The Morgan fingerprint density at radius 2 is 1.96 bits per heavy atom. The number of sulfonamides is 1. The van der Waals surface area contributed by atoms with Gasteiger partial charge in [0.05, 0.1) is 17.8 Å². The molecule has 0 radical (unpaired) electrons. The Hall–Kier alpha value is -1.84. The smallest absolute Gasteiger partial charge is 0.318 e. The normalized spacial score (nSPS) is 11.6. The third-order valence-corrected chi connectivity index (χ3v) is 5.37. The van der Waals surface area contributed by atoms with Crippen LogP contribution in [0.15, 0.2) is 17.0 Å². The monoisotopic (exact) mass is 378 g/mol. The number of hydrogen-bond acceptors (Lipinski definition) is 5. The molecule has 8 nitrogen and oxygen atoms in total. The molecule has 0 aromatic heterocycles. The molecule has 0 heterocycles. The number of halogens is 1. The zero-order valence-corrected chi connectivity index (χ0v) is 15.2. The average Bonchev–Trinajstić information content (AvgIpc) is 2.45. The van der Waals surface area contributed by atoms with E-state index in [-0.39, 0.29) is 27.3 Å². The van der Waals surface area contributed by atoms with Gasteiger partial charge in [-0.3, -0.25) is 9.59 Å². The molecule has 0 bridgehead atoms. The first kappa shape index (κ1) is 20.2. The molecule has 0 fully saturated rings. The second-order valence-electron chi connectivity index (χ2n) is 5.20. The van der Waals surface area contributed by atoms with Gasteiger partial charge in [-0.15, -0.1) is 0 Å². The maximum absolute atomic E-state index is 12.8. The fraction of sp³-hybridized carbons (Fsp3) is 0.429. The summed E-state index contributed by atoms with van der Waals surface area (Å²) in [6.45, 7) is 3.69. The second kappa shape index (κ2) is 7.82. The predicted molar refractivity (Wildman–Crippen MR) is 89.0 cm³/mol. The van der Waals surface area contributed by atoms with Crippen molar-refractivity contribution in [3.05, 3.63) is 17.2 Å². The molecule has 0 unspecified atom stereocenters. The number of nitrogens with one attached hydrogen (secondary N) is 1. The predicted octanol–water partition coefficient (Wildman–Crippen LogP) is 1.79. The fourth-order valence-corrected chi connectivity index (χ4v) is 4.01. The lowest BCUT2D eigenvalue weighted by Gasteiger charge is -2.25. The van der Waals surface area contributed by atoms with Crippen LogP contribution in [-0.2, 0) is 19.6 Å². The third-order valence-electron chi connectivity index (χ3n) is 3.02. The van der Waals surface area contributed by atoms with Gasteiger partial charge in [-0.05, 0) is 19.9 Å². The van der Waals surface area contributed by atoms with E-state index in [9.17, 15) is 18.0 Å². The van der Waals surface area contributed by atoms with Crippen LogP contribution in [0.2, 0.25) is 5.02 Å². The number of aliphatic carboxylic acids is 1. The third kappa shape index (κ3) is 4.59. The quantitative estimate of drug-likeness (QED) is 0.747. The van der Waals surface area contributed by atoms with Crippen LogP contribution < -0.4 is 10.1 Å². The molecule has 134 valence electrons. The molecule has 2 N–H and O–H groups in total. The van der Waals surface area contributed by atoms with Crippen molar-refractivity contribution in [3.63, 3.8) is 0 Å². The zero-order chi connectivity index (χ0) is 18.7. The molecular weight excluding hydrogens is 360 g/mol. The summed E-state index contributed by atoms with van der Waals surface area (Å²) >= 11 is 6.03. The van der Waals surface area contributed by atoms with Gasteiger partial charge in [0.15, 0.2) is 0 Å². The summed E-state index contributed by atoms with van der Waals surface area (Å²) in [7, 11) is -2.91. The fourth-order valence-electron chi connectivity index (χ4n) is 1.99. The number of hydrogen-bond donors (Lipinski definition) is 2. The van der Waals surface area contributed by atoms with E-state index in [4.69, 9.17) is 21.4 Å². The molecule has 1 aromatic rings. The first-order valence-corrected chi connectivity index (χ1v) is 8.71. The molecule has 0 atom stereocenters. The summed E-state index contributed by atoms with van der Waals surface area (Å²) in [5, 5.41) is 11.4. The highest BCUT2D eigenvalue weighted by atomic mass is 35.5. The van der Waals surface area contributed by atoms with Gasteiger partial charge < -0.3 is 15.2 Å². The Bertz CT molecular complexity index is 748. The van der Waals surface area contributed by atoms with Crippen molar-refractivity contribution in [1.29, 1.82) is 0 Å². The van der Waals surface area contributed by atoms with Gasteiger partial charge in [0.25, 0.3) is 0 Å². The van der Waals surface area contributed by atoms with E-state index in [2.05, 4.69) is 5.32 Å². The number of carboxylic acid groups (broad SMARTS) is 1. The minimum Gasteiger partial charge on any atom is -0.495 e. The molecule has 1 aromatic carbocycles. The molecule has 0 saturated carbocycles. The number of methoxy groups -OCH3 is 1. The van der Waals surface area contributed by atoms with E-state index in [1.54, 1.807) is 13.8 Å². The molecule has 0 aliphatic heterocycles. The highest BCUT2D eigenvalue weighted by Gasteiger charge is 2.32. The number of benzene rings is 1. The molecule has 24 heavy (non-hydrogen) atoms. The molecule has 0 aliphatic rings. The van der Waals surface area contributed by atoms with Crippen LogP contribution in [0.3, 0.4) is 0 Å². The van der Waals surface area contributed by atoms with E-state index in [0.717, 1.165) is 10.4 Å². The van der Waals surface area contributed by atoms with Crippen LogP contribution in [0.1, 0.15) is 20.8 Å². The number of carbonyl (C=O) groups is 2. The van der Waals surface area contributed by atoms with Crippen molar-refractivity contribution in [2.24, 2.45) is 0 Å². The maximum atomic E-state index is 12.8. The standard InChI is InChI=1S/C14H19ClN2O6S/c1-8(2)17(7-14(19)20)24(21,22)13-5-10(15)11(16-9(3)18)6-12(13)23-4/h5-6,8H,7H2,1-4H3,(H,16,18)(H,19,20). The van der Waals surface area contributed by atoms with Crippen molar-refractivity contribution in [2.45, 2.75) is 31.7 Å². The first-order valence-electron chi connectivity index (χ1n) is 6.89. The van der Waals surface area contributed by atoms with Crippen molar-refractivity contribution in [2.75, 3.05) is 19.0 Å². The first-order chi connectivity index (χ1) is 11.0. The Kier molecular flexibility index (Phi) is 6.58. The van der Waals surface area contributed by atoms with E-state index in [1.165, 1.54) is 20.1 Å². The average molecular weight is 379 g/mol. The van der Waals surface area contributed by atoms with Crippen LogP contribution in [0.4, 0.5) is 5.69 Å². The van der Waals surface area contributed by atoms with Crippen LogP contribution in [-0.4, -0.2) is 49.4 Å². The molecule has 1 amide bonds. The molecule has 0 saturated heterocycles. The molecule has 0 spiro atoms. The summed E-state index contributed by atoms with van der Waals surface area (Å²) in [5.41, 5.74) is 0.189. The minimum absolute atomic E-state index is 0.0105. The number of rotatable bonds is 7. The van der Waals surface area contributed by atoms with E-state index in [1.807, 2.05) is 0 Å². The highest BCUT2D eigenvalue weighted by molar-refractivity contribution is 7.89. The van der Waals surface area contributed by atoms with Crippen LogP contribution in [0.25, 0.3) is 0 Å². The summed E-state index contributed by atoms with van der Waals surface area (Å²) in [6, 6.07) is 1.80. The largest absolute Gasteiger partial charge is 0.495 e. The summed E-state index contributed by atoms with van der Waals surface area (Å²) in [4.78, 5) is 21.9. The number of nitrogens with zero attached hydrogens (tertiary/aromatic N) is 1. The number of amides is 1. The lowest BCUT2D eigenvalue weighted by atomic mass is 10.3. The second-order valence-corrected chi connectivity index (χ2v) is 7.47. The molecular formula is C14H19ClN2O6S. The van der Waals surface area contributed by atoms with Crippen molar-refractivity contribution in [3.8, 4) is 5.75 Å². The van der Waals surface area contributed by atoms with E-state index >= 15 is 0 Å². The molecule has 1 rings (SSSR count). The van der Waals surface area contributed by atoms with Gasteiger partial charge in [-0.25, -0.2) is 8.42 Å². The van der Waals surface area contributed by atoms with Gasteiger partial charge in [0.1, 0.15) is 17.2 Å². The Morgan fingerprint density at radius 1 is 1.38 bits per heavy atom. The number of anilines is 1. The SMILES string of the molecule is COc1cc(NC(C)=O)c(Cl)cc1S(=O)(=O)N(CC(=O)O)C(C)C. The Morgan fingerprint density at radius 3 is 2.38 bits per heavy atom. The summed E-state index contributed by atoms with van der Waals surface area (Å²) < 4.78 is 31.5. The lowest BCUT2D eigenvalue weighted by molar-refractivity contribution is -0.137. The molecule has 10 heteroatoms. The van der Waals surface area contributed by atoms with Crippen molar-refractivity contribution < 1.29 is 27.9 Å². The van der Waals surface area contributed by atoms with E-state index in [0.29, 0.717) is 0 Å². The van der Waals surface area contributed by atoms with Crippen molar-refractivity contribution in [1.82, 2.24) is 4.31 Å². The van der Waals surface area contributed by atoms with Crippen LogP contribution in [0, 0.1) is 0 Å². The van der Waals surface area contributed by atoms with Gasteiger partial charge in [0.2, 0.25) is 15.9 Å². The van der Waals surface area contributed by atoms with E-state index < -0.39 is 28.6 Å². The van der Waals surface area contributed by atoms with Gasteiger partial charge >= 0.3 is 5.97 Å². The zero-order valence-electron chi connectivity index (χ0n) is 13.7. The van der Waals surface area contributed by atoms with Gasteiger partial charge in [0, 0.05) is 19.0 Å². The molecule has 0 aliphatic carbocycles. The van der Waals surface area contributed by atoms with Crippen molar-refractivity contribution >= 4 is 39.2 Å². The van der Waals surface area contributed by atoms with Crippen LogP contribution in [0.5, 0.6) is 5.75 Å². The Balaban J connectivity index is 3.49. The highest BCUT2D eigenvalue weighted by Crippen LogP contribution is 2.35. The maximum Gasteiger partial charge on any atom is 0.318 e. The topological polar surface area (TPSA) is 113 Å².